The van der Waals surface area contributed by atoms with Crippen molar-refractivity contribution in [2.45, 2.75) is 12.8 Å². The summed E-state index contributed by atoms with van der Waals surface area (Å²) in [6, 6.07) is 16.3. The molecule has 0 bridgehead atoms. The van der Waals surface area contributed by atoms with Crippen LogP contribution in [-0.2, 0) is 12.8 Å². The lowest BCUT2D eigenvalue weighted by atomic mass is 10.1. The maximum absolute atomic E-state index is 12.8. The van der Waals surface area contributed by atoms with Crippen LogP contribution in [0.25, 0.3) is 0 Å². The largest absolute Gasteiger partial charge is 0.323 e. The third kappa shape index (κ3) is 3.66. The maximum atomic E-state index is 12.8. The fourth-order valence-corrected chi connectivity index (χ4v) is 2.03. The molecule has 0 atom stereocenters. The highest BCUT2D eigenvalue weighted by molar-refractivity contribution is 5.52. The zero-order chi connectivity index (χ0) is 14.5. The Labute approximate surface area is 122 Å². The number of anilines is 2. The number of rotatable bonds is 5. The molecule has 0 amide bonds. The highest BCUT2D eigenvalue weighted by Crippen LogP contribution is 2.13. The van der Waals surface area contributed by atoms with Gasteiger partial charge >= 0.3 is 0 Å². The molecule has 1 aromatic heterocycles. The van der Waals surface area contributed by atoms with Crippen LogP contribution in [0.1, 0.15) is 11.4 Å². The summed E-state index contributed by atoms with van der Waals surface area (Å²) in [7, 11) is 0. The summed E-state index contributed by atoms with van der Waals surface area (Å²) >= 11 is 0. The van der Waals surface area contributed by atoms with Crippen molar-refractivity contribution in [3.63, 3.8) is 0 Å². The van der Waals surface area contributed by atoms with E-state index in [9.17, 15) is 4.39 Å². The first kappa shape index (κ1) is 13.3. The highest BCUT2D eigenvalue weighted by atomic mass is 19.1. The van der Waals surface area contributed by atoms with Gasteiger partial charge in [-0.1, -0.05) is 30.3 Å². The molecule has 0 saturated carbocycles. The Morgan fingerprint density at radius 3 is 2.48 bits per heavy atom. The number of halogens is 1. The third-order valence-corrected chi connectivity index (χ3v) is 3.13. The SMILES string of the molecule is Fc1ccc(Nc2n[nH]c(CCc3ccccc3)n2)cc1. The minimum absolute atomic E-state index is 0.265. The molecular weight excluding hydrogens is 267 g/mol. The zero-order valence-electron chi connectivity index (χ0n) is 11.4. The minimum Gasteiger partial charge on any atom is -0.323 e. The lowest BCUT2D eigenvalue weighted by Crippen LogP contribution is -1.94. The molecule has 0 spiro atoms. The van der Waals surface area contributed by atoms with E-state index in [0.717, 1.165) is 24.4 Å². The topological polar surface area (TPSA) is 53.6 Å². The number of hydrogen-bond acceptors (Lipinski definition) is 3. The van der Waals surface area contributed by atoms with E-state index in [1.165, 1.54) is 17.7 Å². The third-order valence-electron chi connectivity index (χ3n) is 3.13. The summed E-state index contributed by atoms with van der Waals surface area (Å²) in [5.74, 6) is 1.05. The van der Waals surface area contributed by atoms with Crippen molar-refractivity contribution in [2.24, 2.45) is 0 Å². The van der Waals surface area contributed by atoms with Crippen LogP contribution in [0.15, 0.2) is 54.6 Å². The van der Waals surface area contributed by atoms with Gasteiger partial charge in [0, 0.05) is 12.1 Å². The van der Waals surface area contributed by atoms with Crippen LogP contribution in [0.5, 0.6) is 0 Å². The van der Waals surface area contributed by atoms with Crippen LogP contribution in [0.4, 0.5) is 16.0 Å². The average molecular weight is 282 g/mol. The van der Waals surface area contributed by atoms with E-state index in [1.54, 1.807) is 12.1 Å². The van der Waals surface area contributed by atoms with Crippen molar-refractivity contribution >= 4 is 11.6 Å². The van der Waals surface area contributed by atoms with Gasteiger partial charge in [0.2, 0.25) is 5.95 Å². The number of nitrogens with one attached hydrogen (secondary N) is 2. The zero-order valence-corrected chi connectivity index (χ0v) is 11.4. The van der Waals surface area contributed by atoms with E-state index in [0.29, 0.717) is 5.95 Å². The summed E-state index contributed by atoms with van der Waals surface area (Å²) < 4.78 is 12.8. The van der Waals surface area contributed by atoms with Crippen molar-refractivity contribution < 1.29 is 4.39 Å². The second-order valence-electron chi connectivity index (χ2n) is 4.72. The first-order valence-electron chi connectivity index (χ1n) is 6.77. The molecule has 0 unspecified atom stereocenters. The predicted octanol–water partition coefficient (Wildman–Crippen LogP) is 3.47. The molecule has 106 valence electrons. The Kier molecular flexibility index (Phi) is 3.91. The van der Waals surface area contributed by atoms with Crippen LogP contribution in [-0.4, -0.2) is 15.2 Å². The molecule has 0 aliphatic carbocycles. The van der Waals surface area contributed by atoms with Gasteiger partial charge < -0.3 is 5.32 Å². The van der Waals surface area contributed by atoms with Gasteiger partial charge in [-0.05, 0) is 36.2 Å². The fourth-order valence-electron chi connectivity index (χ4n) is 2.03. The first-order chi connectivity index (χ1) is 10.3. The Morgan fingerprint density at radius 2 is 1.71 bits per heavy atom. The van der Waals surface area contributed by atoms with Crippen LogP contribution in [0.2, 0.25) is 0 Å². The summed E-state index contributed by atoms with van der Waals surface area (Å²) in [5, 5.41) is 10.0. The molecule has 3 aromatic rings. The molecule has 4 nitrogen and oxygen atoms in total. The lowest BCUT2D eigenvalue weighted by molar-refractivity contribution is 0.628. The molecule has 2 N–H and O–H groups in total. The fraction of sp³-hybridized carbons (Fsp3) is 0.125. The van der Waals surface area contributed by atoms with Crippen molar-refractivity contribution in [3.05, 3.63) is 71.8 Å². The van der Waals surface area contributed by atoms with Crippen LogP contribution in [0, 0.1) is 5.82 Å². The van der Waals surface area contributed by atoms with Gasteiger partial charge in [0.25, 0.3) is 0 Å². The summed E-state index contributed by atoms with van der Waals surface area (Å²) in [6.45, 7) is 0. The smallest absolute Gasteiger partial charge is 0.246 e. The quantitative estimate of drug-likeness (QED) is 0.753. The van der Waals surface area contributed by atoms with E-state index >= 15 is 0 Å². The molecule has 3 rings (SSSR count). The van der Waals surface area contributed by atoms with Gasteiger partial charge in [-0.15, -0.1) is 5.10 Å². The number of H-pyrrole nitrogens is 1. The van der Waals surface area contributed by atoms with E-state index in [4.69, 9.17) is 0 Å². The minimum atomic E-state index is -0.265. The monoisotopic (exact) mass is 282 g/mol. The molecule has 0 radical (unpaired) electrons. The molecule has 5 heteroatoms. The van der Waals surface area contributed by atoms with Gasteiger partial charge in [0.05, 0.1) is 0 Å². The van der Waals surface area contributed by atoms with E-state index in [2.05, 4.69) is 32.6 Å². The lowest BCUT2D eigenvalue weighted by Gasteiger charge is -2.00. The Balaban J connectivity index is 1.59. The Bertz CT molecular complexity index is 692. The number of nitrogens with zero attached hydrogens (tertiary/aromatic N) is 2. The number of benzene rings is 2. The molecule has 0 fully saturated rings. The van der Waals surface area contributed by atoms with Gasteiger partial charge in [0.15, 0.2) is 0 Å². The highest BCUT2D eigenvalue weighted by Gasteiger charge is 2.04. The Hall–Kier alpha value is -2.69. The van der Waals surface area contributed by atoms with Crippen molar-refractivity contribution in [2.75, 3.05) is 5.32 Å². The van der Waals surface area contributed by atoms with Crippen LogP contribution in [0.3, 0.4) is 0 Å². The summed E-state index contributed by atoms with van der Waals surface area (Å²) in [4.78, 5) is 4.37. The molecule has 0 aliphatic rings. The van der Waals surface area contributed by atoms with Crippen molar-refractivity contribution in [1.29, 1.82) is 0 Å². The van der Waals surface area contributed by atoms with Gasteiger partial charge in [-0.3, -0.25) is 5.10 Å². The van der Waals surface area contributed by atoms with Gasteiger partial charge in [0.1, 0.15) is 11.6 Å². The Morgan fingerprint density at radius 1 is 0.952 bits per heavy atom. The number of aromatic amines is 1. The molecular formula is C16H15FN4. The van der Waals surface area contributed by atoms with E-state index in [1.807, 2.05) is 18.2 Å². The maximum Gasteiger partial charge on any atom is 0.246 e. The van der Waals surface area contributed by atoms with Crippen LogP contribution >= 0.6 is 0 Å². The molecule has 0 aliphatic heterocycles. The first-order valence-corrected chi connectivity index (χ1v) is 6.77. The molecule has 0 saturated heterocycles. The predicted molar refractivity (Wildman–Crippen MR) is 79.9 cm³/mol. The number of aryl methyl sites for hydroxylation is 2. The molecule has 21 heavy (non-hydrogen) atoms. The summed E-state index contributed by atoms with van der Waals surface area (Å²) in [6.07, 6.45) is 1.70. The number of hydrogen-bond donors (Lipinski definition) is 2. The van der Waals surface area contributed by atoms with Crippen molar-refractivity contribution in [3.8, 4) is 0 Å². The van der Waals surface area contributed by atoms with E-state index in [-0.39, 0.29) is 5.82 Å². The van der Waals surface area contributed by atoms with Gasteiger partial charge in [-0.25, -0.2) is 4.39 Å². The number of aromatic nitrogens is 3. The van der Waals surface area contributed by atoms with Crippen LogP contribution < -0.4 is 5.32 Å². The van der Waals surface area contributed by atoms with Crippen molar-refractivity contribution in [1.82, 2.24) is 15.2 Å². The second kappa shape index (κ2) is 6.17. The molecule has 2 aromatic carbocycles. The average Bonchev–Trinajstić information content (AvgIpc) is 2.96. The van der Waals surface area contributed by atoms with E-state index < -0.39 is 0 Å². The normalized spacial score (nSPS) is 10.5. The van der Waals surface area contributed by atoms with Gasteiger partial charge in [-0.2, -0.15) is 4.98 Å². The second-order valence-corrected chi connectivity index (χ2v) is 4.72. The summed E-state index contributed by atoms with van der Waals surface area (Å²) in [5.41, 5.74) is 2.02. The standard InChI is InChI=1S/C16H15FN4/c17-13-7-9-14(10-8-13)18-16-19-15(20-21-16)11-6-12-4-2-1-3-5-12/h1-5,7-10H,6,11H2,(H2,18,19,20,21). The molecule has 1 heterocycles.